The third kappa shape index (κ3) is 6.16. The van der Waals surface area contributed by atoms with E-state index in [9.17, 15) is 0 Å². The highest BCUT2D eigenvalue weighted by Gasteiger charge is 2.13. The van der Waals surface area contributed by atoms with Gasteiger partial charge in [0.2, 0.25) is 0 Å². The fraction of sp³-hybridized carbons (Fsp3) is 1.00. The van der Waals surface area contributed by atoms with E-state index in [0.29, 0.717) is 6.04 Å². The molecule has 1 saturated carbocycles. The molecule has 0 aromatic rings. The molecule has 1 atom stereocenters. The molecule has 0 aromatic heterocycles. The van der Waals surface area contributed by atoms with Crippen molar-refractivity contribution in [2.75, 3.05) is 19.6 Å². The van der Waals surface area contributed by atoms with Gasteiger partial charge in [-0.1, -0.05) is 26.2 Å². The van der Waals surface area contributed by atoms with Crippen LogP contribution >= 0.6 is 0 Å². The van der Waals surface area contributed by atoms with Crippen LogP contribution in [-0.4, -0.2) is 25.7 Å². The molecule has 1 rings (SSSR count). The molecule has 0 heterocycles. The molecule has 0 saturated heterocycles. The van der Waals surface area contributed by atoms with Gasteiger partial charge in [-0.15, -0.1) is 0 Å². The van der Waals surface area contributed by atoms with Gasteiger partial charge >= 0.3 is 0 Å². The summed E-state index contributed by atoms with van der Waals surface area (Å²) in [7, 11) is 0. The summed E-state index contributed by atoms with van der Waals surface area (Å²) < 4.78 is 0. The minimum atomic E-state index is 0.624. The van der Waals surface area contributed by atoms with Gasteiger partial charge in [-0.2, -0.15) is 0 Å². The Balaban J connectivity index is 1.97. The maximum absolute atomic E-state index is 3.65. The Morgan fingerprint density at radius 3 is 2.60 bits per heavy atom. The second-order valence-electron chi connectivity index (χ2n) is 5.02. The van der Waals surface area contributed by atoms with E-state index in [4.69, 9.17) is 0 Å². The van der Waals surface area contributed by atoms with Crippen LogP contribution in [0, 0.1) is 5.92 Å². The molecule has 0 radical (unpaired) electrons. The van der Waals surface area contributed by atoms with Crippen molar-refractivity contribution in [1.29, 1.82) is 0 Å². The minimum absolute atomic E-state index is 0.624. The summed E-state index contributed by atoms with van der Waals surface area (Å²) >= 11 is 0. The molecular formula is C13H28N2. The summed E-state index contributed by atoms with van der Waals surface area (Å²) in [5.41, 5.74) is 0. The lowest BCUT2D eigenvalue weighted by molar-refractivity contribution is 0.328. The van der Waals surface area contributed by atoms with Crippen molar-refractivity contribution in [2.24, 2.45) is 5.92 Å². The molecule has 2 N–H and O–H groups in total. The zero-order valence-corrected chi connectivity index (χ0v) is 10.5. The maximum Gasteiger partial charge on any atom is 0.0164 e. The lowest BCUT2D eigenvalue weighted by Crippen LogP contribution is -2.39. The highest BCUT2D eigenvalue weighted by atomic mass is 15.0. The topological polar surface area (TPSA) is 24.1 Å². The molecule has 1 fully saturated rings. The monoisotopic (exact) mass is 212 g/mol. The van der Waals surface area contributed by atoms with Crippen LogP contribution in [0.2, 0.25) is 0 Å². The number of hydrogen-bond acceptors (Lipinski definition) is 2. The molecule has 90 valence electrons. The molecule has 15 heavy (non-hydrogen) atoms. The minimum Gasteiger partial charge on any atom is -0.315 e. The van der Waals surface area contributed by atoms with E-state index < -0.39 is 0 Å². The van der Waals surface area contributed by atoms with E-state index in [0.717, 1.165) is 19.0 Å². The van der Waals surface area contributed by atoms with Crippen LogP contribution in [0.1, 0.15) is 52.4 Å². The zero-order chi connectivity index (χ0) is 10.9. The first-order valence-corrected chi connectivity index (χ1v) is 6.77. The van der Waals surface area contributed by atoms with Crippen molar-refractivity contribution in [3.63, 3.8) is 0 Å². The normalized spacial score (nSPS) is 20.4. The Hall–Kier alpha value is -0.0800. The van der Waals surface area contributed by atoms with Crippen molar-refractivity contribution in [3.8, 4) is 0 Å². The highest BCUT2D eigenvalue weighted by molar-refractivity contribution is 4.71. The predicted molar refractivity (Wildman–Crippen MR) is 67.2 cm³/mol. The van der Waals surface area contributed by atoms with E-state index in [-0.39, 0.29) is 0 Å². The van der Waals surface area contributed by atoms with Crippen molar-refractivity contribution < 1.29 is 0 Å². The van der Waals surface area contributed by atoms with E-state index in [1.54, 1.807) is 0 Å². The van der Waals surface area contributed by atoms with Crippen molar-refractivity contribution in [3.05, 3.63) is 0 Å². The van der Waals surface area contributed by atoms with Crippen LogP contribution in [0.3, 0.4) is 0 Å². The van der Waals surface area contributed by atoms with Gasteiger partial charge in [0.15, 0.2) is 0 Å². The molecule has 1 aliphatic carbocycles. The standard InChI is InChI=1S/C13H28N2/c1-3-9-14-10-12(2)15-11-13-7-5-4-6-8-13/h12-15H,3-11H2,1-2H3. The van der Waals surface area contributed by atoms with Crippen molar-refractivity contribution in [2.45, 2.75) is 58.4 Å². The first-order chi connectivity index (χ1) is 7.33. The molecule has 2 heteroatoms. The molecule has 1 unspecified atom stereocenters. The number of nitrogens with one attached hydrogen (secondary N) is 2. The third-order valence-electron chi connectivity index (χ3n) is 3.36. The van der Waals surface area contributed by atoms with Crippen molar-refractivity contribution >= 4 is 0 Å². The average molecular weight is 212 g/mol. The van der Waals surface area contributed by atoms with Crippen LogP contribution in [0.4, 0.5) is 0 Å². The molecule has 0 amide bonds. The molecule has 0 bridgehead atoms. The first kappa shape index (κ1) is 13.0. The van der Waals surface area contributed by atoms with Crippen LogP contribution < -0.4 is 10.6 Å². The van der Waals surface area contributed by atoms with Crippen molar-refractivity contribution in [1.82, 2.24) is 10.6 Å². The highest BCUT2D eigenvalue weighted by Crippen LogP contribution is 2.22. The first-order valence-electron chi connectivity index (χ1n) is 6.77. The maximum atomic E-state index is 3.65. The van der Waals surface area contributed by atoms with Crippen LogP contribution in [-0.2, 0) is 0 Å². The number of rotatable bonds is 7. The summed E-state index contributed by atoms with van der Waals surface area (Å²) in [6, 6.07) is 0.624. The van der Waals surface area contributed by atoms with Crippen LogP contribution in [0.15, 0.2) is 0 Å². The number of hydrogen-bond donors (Lipinski definition) is 2. The fourth-order valence-electron chi connectivity index (χ4n) is 2.33. The van der Waals surface area contributed by atoms with Gasteiger partial charge in [-0.05, 0) is 45.2 Å². The van der Waals surface area contributed by atoms with Crippen LogP contribution in [0.5, 0.6) is 0 Å². The fourth-order valence-corrected chi connectivity index (χ4v) is 2.33. The second kappa shape index (κ2) is 8.12. The Morgan fingerprint density at radius 1 is 1.20 bits per heavy atom. The van der Waals surface area contributed by atoms with Gasteiger partial charge in [0.05, 0.1) is 0 Å². The third-order valence-corrected chi connectivity index (χ3v) is 3.36. The summed E-state index contributed by atoms with van der Waals surface area (Å²) in [6.45, 7) is 7.99. The van der Waals surface area contributed by atoms with Gasteiger partial charge in [-0.3, -0.25) is 0 Å². The zero-order valence-electron chi connectivity index (χ0n) is 10.5. The summed E-state index contributed by atoms with van der Waals surface area (Å²) in [5.74, 6) is 0.951. The van der Waals surface area contributed by atoms with Gasteiger partial charge < -0.3 is 10.6 Å². The summed E-state index contributed by atoms with van der Waals surface area (Å²) in [6.07, 6.45) is 8.49. The molecule has 1 aliphatic rings. The Bertz CT molecular complexity index is 141. The molecule has 2 nitrogen and oxygen atoms in total. The summed E-state index contributed by atoms with van der Waals surface area (Å²) in [5, 5.41) is 7.11. The van der Waals surface area contributed by atoms with Gasteiger partial charge in [0.1, 0.15) is 0 Å². The summed E-state index contributed by atoms with van der Waals surface area (Å²) in [4.78, 5) is 0. The van der Waals surface area contributed by atoms with Gasteiger partial charge in [0, 0.05) is 12.6 Å². The predicted octanol–water partition coefficient (Wildman–Crippen LogP) is 2.54. The Labute approximate surface area is 95.2 Å². The van der Waals surface area contributed by atoms with Gasteiger partial charge in [0.25, 0.3) is 0 Å². The molecule has 0 aliphatic heterocycles. The Morgan fingerprint density at radius 2 is 1.93 bits per heavy atom. The smallest absolute Gasteiger partial charge is 0.0164 e. The van der Waals surface area contributed by atoms with E-state index in [1.807, 2.05) is 0 Å². The Kier molecular flexibility index (Phi) is 7.03. The average Bonchev–Trinajstić information content (AvgIpc) is 2.28. The van der Waals surface area contributed by atoms with E-state index >= 15 is 0 Å². The van der Waals surface area contributed by atoms with Gasteiger partial charge in [-0.25, -0.2) is 0 Å². The van der Waals surface area contributed by atoms with Crippen LogP contribution in [0.25, 0.3) is 0 Å². The van der Waals surface area contributed by atoms with E-state index in [1.165, 1.54) is 45.1 Å². The molecule has 0 spiro atoms. The molecular weight excluding hydrogens is 184 g/mol. The van der Waals surface area contributed by atoms with E-state index in [2.05, 4.69) is 24.5 Å². The largest absolute Gasteiger partial charge is 0.315 e. The lowest BCUT2D eigenvalue weighted by atomic mass is 9.89. The SMILES string of the molecule is CCCNCC(C)NCC1CCCCC1. The lowest BCUT2D eigenvalue weighted by Gasteiger charge is -2.24. The quantitative estimate of drug-likeness (QED) is 0.634. The second-order valence-corrected chi connectivity index (χ2v) is 5.02. The molecule has 0 aromatic carbocycles.